The lowest BCUT2D eigenvalue weighted by Crippen LogP contribution is -2.13. The van der Waals surface area contributed by atoms with Gasteiger partial charge in [-0.05, 0) is 46.3 Å². The van der Waals surface area contributed by atoms with E-state index in [0.717, 1.165) is 4.47 Å². The highest BCUT2D eigenvalue weighted by Crippen LogP contribution is 2.12. The summed E-state index contributed by atoms with van der Waals surface area (Å²) in [6.07, 6.45) is 6.63. The van der Waals surface area contributed by atoms with Crippen LogP contribution in [-0.4, -0.2) is 25.7 Å². The van der Waals surface area contributed by atoms with Gasteiger partial charge in [0.05, 0.1) is 11.9 Å². The van der Waals surface area contributed by atoms with Crippen LogP contribution in [0.25, 0.3) is 5.82 Å². The zero-order chi connectivity index (χ0) is 14.7. The van der Waals surface area contributed by atoms with E-state index in [4.69, 9.17) is 0 Å². The molecule has 0 aromatic carbocycles. The molecule has 3 aromatic heterocycles. The third-order valence-corrected chi connectivity index (χ3v) is 3.17. The quantitative estimate of drug-likeness (QED) is 0.793. The Bertz CT molecular complexity index is 738. The average Bonchev–Trinajstić information content (AvgIpc) is 3.03. The Morgan fingerprint density at radius 2 is 2.05 bits per heavy atom. The molecule has 0 atom stereocenters. The van der Waals surface area contributed by atoms with Gasteiger partial charge in [-0.1, -0.05) is 0 Å². The number of halogens is 1. The van der Waals surface area contributed by atoms with Crippen molar-refractivity contribution in [3.8, 4) is 5.82 Å². The fourth-order valence-electron chi connectivity index (χ4n) is 1.71. The van der Waals surface area contributed by atoms with Crippen molar-refractivity contribution in [2.45, 2.75) is 0 Å². The first-order valence-corrected chi connectivity index (χ1v) is 6.91. The first kappa shape index (κ1) is 13.4. The van der Waals surface area contributed by atoms with Crippen LogP contribution < -0.4 is 5.32 Å². The largest absolute Gasteiger partial charge is 0.319 e. The Kier molecular flexibility index (Phi) is 3.74. The van der Waals surface area contributed by atoms with Crippen molar-refractivity contribution in [1.29, 1.82) is 0 Å². The van der Waals surface area contributed by atoms with E-state index >= 15 is 0 Å². The van der Waals surface area contributed by atoms with E-state index in [1.807, 2.05) is 6.07 Å². The monoisotopic (exact) mass is 343 g/mol. The van der Waals surface area contributed by atoms with Crippen LogP contribution in [0.2, 0.25) is 0 Å². The number of rotatable bonds is 3. The number of nitrogens with one attached hydrogen (secondary N) is 1. The molecule has 3 rings (SSSR count). The molecule has 0 saturated carbocycles. The van der Waals surface area contributed by atoms with Gasteiger partial charge in [0.15, 0.2) is 5.82 Å². The Morgan fingerprint density at radius 3 is 2.67 bits per heavy atom. The Balaban J connectivity index is 1.73. The van der Waals surface area contributed by atoms with Gasteiger partial charge in [0, 0.05) is 23.1 Å². The van der Waals surface area contributed by atoms with Crippen LogP contribution in [-0.2, 0) is 0 Å². The topological polar surface area (TPSA) is 72.7 Å². The van der Waals surface area contributed by atoms with Crippen molar-refractivity contribution >= 4 is 27.5 Å². The van der Waals surface area contributed by atoms with E-state index in [1.165, 1.54) is 0 Å². The molecular formula is C14H10BrN5O. The van der Waals surface area contributed by atoms with Crippen LogP contribution in [0, 0.1) is 0 Å². The number of hydrogen-bond donors (Lipinski definition) is 1. The van der Waals surface area contributed by atoms with Gasteiger partial charge < -0.3 is 5.32 Å². The van der Waals surface area contributed by atoms with Crippen LogP contribution >= 0.6 is 15.9 Å². The lowest BCUT2D eigenvalue weighted by Gasteiger charge is -2.05. The Hall–Kier alpha value is -2.54. The summed E-state index contributed by atoms with van der Waals surface area (Å²) in [6.45, 7) is 0. The smallest absolute Gasteiger partial charge is 0.274 e. The van der Waals surface area contributed by atoms with Gasteiger partial charge in [-0.2, -0.15) is 5.10 Å². The normalized spacial score (nSPS) is 10.3. The lowest BCUT2D eigenvalue weighted by atomic mass is 10.3. The molecule has 21 heavy (non-hydrogen) atoms. The molecule has 0 aliphatic rings. The standard InChI is InChI=1S/C14H10BrN5O/c15-10-2-4-12(16-8-10)14(21)19-11-3-5-13(17-9-11)20-7-1-6-18-20/h1-9H,(H,19,21). The second kappa shape index (κ2) is 5.84. The number of amides is 1. The number of hydrogen-bond acceptors (Lipinski definition) is 4. The van der Waals surface area contributed by atoms with Gasteiger partial charge in [0.25, 0.3) is 5.91 Å². The summed E-state index contributed by atoms with van der Waals surface area (Å²) >= 11 is 3.28. The van der Waals surface area contributed by atoms with Crippen molar-refractivity contribution in [1.82, 2.24) is 19.7 Å². The molecule has 3 aromatic rings. The van der Waals surface area contributed by atoms with Crippen LogP contribution in [0.3, 0.4) is 0 Å². The average molecular weight is 344 g/mol. The summed E-state index contributed by atoms with van der Waals surface area (Å²) in [6, 6.07) is 8.76. The van der Waals surface area contributed by atoms with Crippen molar-refractivity contribution in [3.63, 3.8) is 0 Å². The van der Waals surface area contributed by atoms with Crippen molar-refractivity contribution in [3.05, 3.63) is 65.3 Å². The molecule has 0 aliphatic carbocycles. The van der Waals surface area contributed by atoms with Crippen LogP contribution in [0.1, 0.15) is 10.5 Å². The number of aromatic nitrogens is 4. The summed E-state index contributed by atoms with van der Waals surface area (Å²) in [7, 11) is 0. The van der Waals surface area contributed by atoms with Gasteiger partial charge in [-0.15, -0.1) is 0 Å². The SMILES string of the molecule is O=C(Nc1ccc(-n2cccn2)nc1)c1ccc(Br)cn1. The first-order chi connectivity index (χ1) is 10.2. The second-order valence-electron chi connectivity index (χ2n) is 4.17. The van der Waals surface area contributed by atoms with Gasteiger partial charge in [-0.3, -0.25) is 4.79 Å². The van der Waals surface area contributed by atoms with E-state index < -0.39 is 0 Å². The van der Waals surface area contributed by atoms with E-state index in [-0.39, 0.29) is 5.91 Å². The third-order valence-electron chi connectivity index (χ3n) is 2.70. The zero-order valence-corrected chi connectivity index (χ0v) is 12.4. The molecule has 0 saturated heterocycles. The summed E-state index contributed by atoms with van der Waals surface area (Å²) in [5, 5.41) is 6.83. The minimum Gasteiger partial charge on any atom is -0.319 e. The van der Waals surface area contributed by atoms with E-state index in [0.29, 0.717) is 17.2 Å². The molecule has 6 nitrogen and oxygen atoms in total. The van der Waals surface area contributed by atoms with Gasteiger partial charge >= 0.3 is 0 Å². The molecule has 0 unspecified atom stereocenters. The number of carbonyl (C=O) groups is 1. The minimum atomic E-state index is -0.281. The zero-order valence-electron chi connectivity index (χ0n) is 10.8. The van der Waals surface area contributed by atoms with Gasteiger partial charge in [0.1, 0.15) is 5.69 Å². The maximum atomic E-state index is 12.0. The summed E-state index contributed by atoms with van der Waals surface area (Å²) in [5.74, 6) is 0.399. The molecule has 0 aliphatic heterocycles. The molecule has 7 heteroatoms. The molecule has 0 fully saturated rings. The maximum Gasteiger partial charge on any atom is 0.274 e. The summed E-state index contributed by atoms with van der Waals surface area (Å²) < 4.78 is 2.46. The Labute approximate surface area is 129 Å². The molecule has 1 N–H and O–H groups in total. The highest BCUT2D eigenvalue weighted by Gasteiger charge is 2.08. The maximum absolute atomic E-state index is 12.0. The van der Waals surface area contributed by atoms with Crippen LogP contribution in [0.4, 0.5) is 5.69 Å². The summed E-state index contributed by atoms with van der Waals surface area (Å²) in [5.41, 5.74) is 0.940. The minimum absolute atomic E-state index is 0.281. The molecule has 3 heterocycles. The van der Waals surface area contributed by atoms with Gasteiger partial charge in [0.2, 0.25) is 0 Å². The number of nitrogens with zero attached hydrogens (tertiary/aromatic N) is 4. The summed E-state index contributed by atoms with van der Waals surface area (Å²) in [4.78, 5) is 20.3. The van der Waals surface area contributed by atoms with Crippen molar-refractivity contribution < 1.29 is 4.79 Å². The molecule has 104 valence electrons. The van der Waals surface area contributed by atoms with Gasteiger partial charge in [-0.25, -0.2) is 14.6 Å². The highest BCUT2D eigenvalue weighted by molar-refractivity contribution is 9.10. The fraction of sp³-hybridized carbons (Fsp3) is 0. The number of carbonyl (C=O) groups excluding carboxylic acids is 1. The first-order valence-electron chi connectivity index (χ1n) is 6.11. The number of anilines is 1. The predicted molar refractivity (Wildman–Crippen MR) is 81.2 cm³/mol. The highest BCUT2D eigenvalue weighted by atomic mass is 79.9. The van der Waals surface area contributed by atoms with Crippen molar-refractivity contribution in [2.24, 2.45) is 0 Å². The fourth-order valence-corrected chi connectivity index (χ4v) is 1.94. The Morgan fingerprint density at radius 1 is 1.14 bits per heavy atom. The third kappa shape index (κ3) is 3.14. The molecule has 1 amide bonds. The van der Waals surface area contributed by atoms with Crippen molar-refractivity contribution in [2.75, 3.05) is 5.32 Å². The molecular weight excluding hydrogens is 334 g/mol. The second-order valence-corrected chi connectivity index (χ2v) is 5.09. The van der Waals surface area contributed by atoms with E-state index in [2.05, 4.69) is 36.3 Å². The molecule has 0 spiro atoms. The van der Waals surface area contributed by atoms with E-state index in [1.54, 1.807) is 53.7 Å². The molecule has 0 bridgehead atoms. The lowest BCUT2D eigenvalue weighted by molar-refractivity contribution is 0.102. The van der Waals surface area contributed by atoms with Crippen LogP contribution in [0.5, 0.6) is 0 Å². The van der Waals surface area contributed by atoms with Crippen LogP contribution in [0.15, 0.2) is 59.6 Å². The predicted octanol–water partition coefficient (Wildman–Crippen LogP) is 2.68. The number of pyridine rings is 2. The van der Waals surface area contributed by atoms with E-state index in [9.17, 15) is 4.79 Å². The molecule has 0 radical (unpaired) electrons.